The number of thiazole rings is 1. The number of hydrogen-bond acceptors (Lipinski definition) is 5. The number of rotatable bonds is 14. The summed E-state index contributed by atoms with van der Waals surface area (Å²) in [5.41, 5.74) is 1.20. The average molecular weight is 422 g/mol. The van der Waals surface area contributed by atoms with E-state index < -0.39 is 12.1 Å². The summed E-state index contributed by atoms with van der Waals surface area (Å²) in [4.78, 5) is 35.8. The highest BCUT2D eigenvalue weighted by Crippen LogP contribution is 2.14. The largest absolute Gasteiger partial charge is 0.478 e. The van der Waals surface area contributed by atoms with E-state index in [1.54, 1.807) is 0 Å². The van der Waals surface area contributed by atoms with Crippen LogP contribution in [0, 0.1) is 5.92 Å². The third-order valence-electron chi connectivity index (χ3n) is 4.48. The van der Waals surface area contributed by atoms with E-state index in [0.717, 1.165) is 36.2 Å². The Morgan fingerprint density at radius 1 is 1.21 bits per heavy atom. The highest BCUT2D eigenvalue weighted by molar-refractivity contribution is 7.07. The Labute approximate surface area is 175 Å². The molecule has 0 aliphatic carbocycles. The number of carboxylic acids is 1. The molecule has 0 aromatic carbocycles. The number of carboxylic acid groups (broad SMARTS) is 1. The Balaban J connectivity index is 2.16. The fraction of sp³-hybridized carbons (Fsp3) is 0.500. The zero-order valence-electron chi connectivity index (χ0n) is 17.1. The second-order valence-electron chi connectivity index (χ2n) is 7.27. The number of aromatic nitrogens is 1. The van der Waals surface area contributed by atoms with Crippen molar-refractivity contribution in [3.63, 3.8) is 0 Å². The fourth-order valence-corrected chi connectivity index (χ4v) is 3.35. The van der Waals surface area contributed by atoms with Crippen LogP contribution in [0.3, 0.4) is 0 Å². The van der Waals surface area contributed by atoms with Gasteiger partial charge in [0.25, 0.3) is 0 Å². The molecule has 0 saturated carbocycles. The second-order valence-corrected chi connectivity index (χ2v) is 8.11. The SMILES string of the molecule is C/C(=C/C(=O)O)CC/C=C/C=C\[C@@H](C)CC[C@@H](O)CCCC(=O)c1csc(=O)[nH]1. The fourth-order valence-electron chi connectivity index (χ4n) is 2.77. The van der Waals surface area contributed by atoms with E-state index in [1.165, 1.54) is 11.5 Å². The predicted molar refractivity (Wildman–Crippen MR) is 116 cm³/mol. The summed E-state index contributed by atoms with van der Waals surface area (Å²) in [5, 5.41) is 20.3. The lowest BCUT2D eigenvalue weighted by molar-refractivity contribution is -0.131. The predicted octanol–water partition coefficient (Wildman–Crippen LogP) is 4.49. The zero-order chi connectivity index (χ0) is 21.6. The van der Waals surface area contributed by atoms with Crippen molar-refractivity contribution >= 4 is 23.1 Å². The molecular weight excluding hydrogens is 390 g/mol. The quantitative estimate of drug-likeness (QED) is 0.233. The van der Waals surface area contributed by atoms with Crippen LogP contribution >= 0.6 is 11.3 Å². The molecule has 160 valence electrons. The summed E-state index contributed by atoms with van der Waals surface area (Å²) >= 11 is 0.981. The number of ketones is 1. The summed E-state index contributed by atoms with van der Waals surface area (Å²) in [6, 6.07) is 0. The normalized spacial score (nSPS) is 14.5. The van der Waals surface area contributed by atoms with E-state index in [4.69, 9.17) is 5.11 Å². The van der Waals surface area contributed by atoms with Crippen molar-refractivity contribution in [2.24, 2.45) is 5.92 Å². The molecule has 0 saturated heterocycles. The van der Waals surface area contributed by atoms with E-state index in [2.05, 4.69) is 18.0 Å². The number of hydrogen-bond donors (Lipinski definition) is 3. The molecule has 0 bridgehead atoms. The van der Waals surface area contributed by atoms with Crippen LogP contribution in [0.2, 0.25) is 0 Å². The average Bonchev–Trinajstić information content (AvgIpc) is 3.08. The van der Waals surface area contributed by atoms with Crippen LogP contribution in [0.4, 0.5) is 0 Å². The molecule has 1 aromatic heterocycles. The van der Waals surface area contributed by atoms with Crippen LogP contribution in [-0.2, 0) is 4.79 Å². The number of H-pyrrole nitrogens is 1. The highest BCUT2D eigenvalue weighted by Gasteiger charge is 2.11. The van der Waals surface area contributed by atoms with Crippen LogP contribution in [-0.4, -0.2) is 33.1 Å². The molecule has 1 aromatic rings. The van der Waals surface area contributed by atoms with Gasteiger partial charge in [-0.15, -0.1) is 0 Å². The maximum Gasteiger partial charge on any atom is 0.328 e. The zero-order valence-corrected chi connectivity index (χ0v) is 17.9. The van der Waals surface area contributed by atoms with Gasteiger partial charge in [-0.3, -0.25) is 9.59 Å². The number of aliphatic carboxylic acids is 1. The first-order valence-electron chi connectivity index (χ1n) is 9.90. The molecule has 1 rings (SSSR count). The smallest absolute Gasteiger partial charge is 0.328 e. The number of aromatic amines is 1. The second kappa shape index (κ2) is 13.8. The highest BCUT2D eigenvalue weighted by atomic mass is 32.1. The lowest BCUT2D eigenvalue weighted by Gasteiger charge is -2.12. The van der Waals surface area contributed by atoms with Crippen LogP contribution in [0.5, 0.6) is 0 Å². The van der Waals surface area contributed by atoms with Gasteiger partial charge in [-0.25, -0.2) is 4.79 Å². The minimum Gasteiger partial charge on any atom is -0.478 e. The maximum absolute atomic E-state index is 11.9. The van der Waals surface area contributed by atoms with Crippen LogP contribution in [0.1, 0.15) is 69.3 Å². The Morgan fingerprint density at radius 3 is 2.62 bits per heavy atom. The van der Waals surface area contributed by atoms with Gasteiger partial charge < -0.3 is 15.2 Å². The Bertz CT molecular complexity index is 787. The number of carbonyl (C=O) groups excluding carboxylic acids is 1. The summed E-state index contributed by atoms with van der Waals surface area (Å²) in [6.07, 6.45) is 13.4. The molecule has 0 amide bonds. The minimum atomic E-state index is -0.909. The molecule has 6 nitrogen and oxygen atoms in total. The van der Waals surface area contributed by atoms with Crippen molar-refractivity contribution in [2.45, 2.75) is 64.9 Å². The molecule has 0 radical (unpaired) electrons. The molecular formula is C22H31NO5S. The number of carbonyl (C=O) groups is 2. The van der Waals surface area contributed by atoms with Gasteiger partial charge >= 0.3 is 10.8 Å². The van der Waals surface area contributed by atoms with E-state index in [1.807, 2.05) is 25.2 Å². The Hall–Kier alpha value is -2.25. The lowest BCUT2D eigenvalue weighted by atomic mass is 9.99. The van der Waals surface area contributed by atoms with E-state index in [9.17, 15) is 19.5 Å². The molecule has 0 aliphatic heterocycles. The molecule has 2 atom stereocenters. The van der Waals surface area contributed by atoms with Gasteiger partial charge in [0.1, 0.15) is 0 Å². The van der Waals surface area contributed by atoms with E-state index in [0.29, 0.717) is 37.3 Å². The van der Waals surface area contributed by atoms with Gasteiger partial charge in [0.2, 0.25) is 0 Å². The summed E-state index contributed by atoms with van der Waals surface area (Å²) < 4.78 is 0. The number of nitrogens with one attached hydrogen (secondary N) is 1. The summed E-state index contributed by atoms with van der Waals surface area (Å²) in [6.45, 7) is 3.90. The molecule has 0 unspecified atom stereocenters. The van der Waals surface area contributed by atoms with Crippen LogP contribution in [0.15, 0.2) is 46.1 Å². The van der Waals surface area contributed by atoms with Gasteiger partial charge in [0.05, 0.1) is 11.8 Å². The van der Waals surface area contributed by atoms with Crippen molar-refractivity contribution in [1.82, 2.24) is 4.98 Å². The third kappa shape index (κ3) is 12.0. The summed E-state index contributed by atoms with van der Waals surface area (Å²) in [7, 11) is 0. The number of Topliss-reactive ketones (excluding diaryl/α,β-unsaturated/α-hetero) is 1. The summed E-state index contributed by atoms with van der Waals surface area (Å²) in [5.74, 6) is -0.666. The molecule has 29 heavy (non-hydrogen) atoms. The Morgan fingerprint density at radius 2 is 1.97 bits per heavy atom. The molecule has 1 heterocycles. The molecule has 0 fully saturated rings. The van der Waals surface area contributed by atoms with Crippen LogP contribution < -0.4 is 4.87 Å². The number of aliphatic hydroxyl groups is 1. The minimum absolute atomic E-state index is 0.0905. The van der Waals surface area contributed by atoms with E-state index in [-0.39, 0.29) is 10.7 Å². The first-order chi connectivity index (χ1) is 13.8. The van der Waals surface area contributed by atoms with Crippen molar-refractivity contribution in [1.29, 1.82) is 0 Å². The van der Waals surface area contributed by atoms with Crippen LogP contribution in [0.25, 0.3) is 0 Å². The standard InChI is InChI=1S/C22H31NO5S/c1-16(8-5-3-4-6-9-17(2)14-21(26)27)12-13-18(24)10-7-11-20(25)19-15-29-22(28)23-19/h3-5,8,14-16,18,24H,6-7,9-13H2,1-2H3,(H,23,28)(H,26,27)/b4-3+,8-5-,17-14-/t16-,18+/m1/s1. The molecule has 3 N–H and O–H groups in total. The maximum atomic E-state index is 11.9. The Kier molecular flexibility index (Phi) is 11.8. The van der Waals surface area contributed by atoms with Gasteiger partial charge in [-0.05, 0) is 51.4 Å². The third-order valence-corrected chi connectivity index (χ3v) is 5.15. The van der Waals surface area contributed by atoms with Gasteiger partial charge in [0.15, 0.2) is 5.78 Å². The lowest BCUT2D eigenvalue weighted by Crippen LogP contribution is -2.10. The van der Waals surface area contributed by atoms with Gasteiger partial charge in [-0.2, -0.15) is 0 Å². The molecule has 7 heteroatoms. The van der Waals surface area contributed by atoms with Crippen molar-refractivity contribution in [3.05, 3.63) is 56.7 Å². The topological polar surface area (TPSA) is 107 Å². The van der Waals surface area contributed by atoms with Crippen molar-refractivity contribution in [3.8, 4) is 0 Å². The van der Waals surface area contributed by atoms with Crippen molar-refractivity contribution < 1.29 is 19.8 Å². The van der Waals surface area contributed by atoms with E-state index >= 15 is 0 Å². The molecule has 0 aliphatic rings. The van der Waals surface area contributed by atoms with Crippen molar-refractivity contribution in [2.75, 3.05) is 0 Å². The van der Waals surface area contributed by atoms with Gasteiger partial charge in [-0.1, -0.05) is 48.1 Å². The number of aliphatic hydroxyl groups excluding tert-OH is 1. The first-order valence-corrected chi connectivity index (χ1v) is 10.8. The van der Waals surface area contributed by atoms with Gasteiger partial charge in [0, 0.05) is 17.9 Å². The number of allylic oxidation sites excluding steroid dienone is 5. The molecule has 0 spiro atoms. The monoisotopic (exact) mass is 421 g/mol. The first kappa shape index (κ1) is 24.8.